The first-order chi connectivity index (χ1) is 15.1. The highest BCUT2D eigenvalue weighted by molar-refractivity contribution is 14.0. The van der Waals surface area contributed by atoms with Gasteiger partial charge in [-0.05, 0) is 56.6 Å². The number of nitrogens with zero attached hydrogens (tertiary/aromatic N) is 2. The number of rotatable bonds is 9. The van der Waals surface area contributed by atoms with E-state index in [0.29, 0.717) is 24.6 Å². The highest BCUT2D eigenvalue weighted by Crippen LogP contribution is 2.31. The Morgan fingerprint density at radius 3 is 2.47 bits per heavy atom. The largest absolute Gasteiger partial charge is 0.496 e. The number of guanidine groups is 1. The van der Waals surface area contributed by atoms with Crippen LogP contribution in [0.3, 0.4) is 0 Å². The Hall–Kier alpha value is -1.91. The van der Waals surface area contributed by atoms with Crippen molar-refractivity contribution in [1.82, 2.24) is 15.5 Å². The van der Waals surface area contributed by atoms with E-state index in [0.717, 1.165) is 24.4 Å². The first kappa shape index (κ1) is 26.3. The lowest BCUT2D eigenvalue weighted by atomic mass is 10.0. The first-order valence-corrected chi connectivity index (χ1v) is 10.9. The van der Waals surface area contributed by atoms with E-state index in [1.165, 1.54) is 25.0 Å². The molecular formula is C24H34FIN4O2. The molecule has 176 valence electrons. The van der Waals surface area contributed by atoms with E-state index in [-0.39, 0.29) is 42.4 Å². The van der Waals surface area contributed by atoms with Crippen LogP contribution in [0.5, 0.6) is 5.75 Å². The summed E-state index contributed by atoms with van der Waals surface area (Å²) < 4.78 is 18.7. The summed E-state index contributed by atoms with van der Waals surface area (Å²) in [6.45, 7) is 5.66. The van der Waals surface area contributed by atoms with Crippen molar-refractivity contribution in [2.24, 2.45) is 4.99 Å². The SMILES string of the molecule is CCNC(=NCC(c1ccccc1OC)N1CCCC1)NCC(O)c1ccc(F)cc1.I. The predicted molar refractivity (Wildman–Crippen MR) is 137 cm³/mol. The van der Waals surface area contributed by atoms with E-state index in [9.17, 15) is 9.50 Å². The third-order valence-electron chi connectivity index (χ3n) is 5.56. The van der Waals surface area contributed by atoms with Gasteiger partial charge in [0, 0.05) is 18.7 Å². The molecule has 2 aromatic rings. The van der Waals surface area contributed by atoms with Crippen LogP contribution in [0, 0.1) is 5.82 Å². The zero-order chi connectivity index (χ0) is 22.1. The maximum Gasteiger partial charge on any atom is 0.191 e. The lowest BCUT2D eigenvalue weighted by Crippen LogP contribution is -2.40. The number of aliphatic hydroxyl groups is 1. The number of benzene rings is 2. The van der Waals surface area contributed by atoms with Gasteiger partial charge in [0.15, 0.2) is 5.96 Å². The number of ether oxygens (including phenoxy) is 1. The molecule has 0 aromatic heterocycles. The molecule has 1 aliphatic rings. The van der Waals surface area contributed by atoms with Crippen LogP contribution in [0.25, 0.3) is 0 Å². The molecule has 1 heterocycles. The summed E-state index contributed by atoms with van der Waals surface area (Å²) in [6, 6.07) is 14.1. The number of aliphatic hydroxyl groups excluding tert-OH is 1. The van der Waals surface area contributed by atoms with E-state index in [4.69, 9.17) is 9.73 Å². The zero-order valence-corrected chi connectivity index (χ0v) is 21.1. The van der Waals surface area contributed by atoms with Gasteiger partial charge in [-0.3, -0.25) is 9.89 Å². The number of para-hydroxylation sites is 1. The Kier molecular flexibility index (Phi) is 11.2. The van der Waals surface area contributed by atoms with Crippen LogP contribution < -0.4 is 15.4 Å². The molecule has 0 saturated carbocycles. The fourth-order valence-electron chi connectivity index (χ4n) is 3.92. The molecule has 2 atom stereocenters. The topological polar surface area (TPSA) is 69.1 Å². The lowest BCUT2D eigenvalue weighted by molar-refractivity contribution is 0.180. The minimum atomic E-state index is -0.756. The van der Waals surface area contributed by atoms with Crippen LogP contribution in [-0.2, 0) is 0 Å². The number of likely N-dealkylation sites (tertiary alicyclic amines) is 1. The number of nitrogens with one attached hydrogen (secondary N) is 2. The molecule has 3 N–H and O–H groups in total. The van der Waals surface area contributed by atoms with Gasteiger partial charge in [-0.1, -0.05) is 30.3 Å². The minimum Gasteiger partial charge on any atom is -0.496 e. The maximum absolute atomic E-state index is 13.1. The summed E-state index contributed by atoms with van der Waals surface area (Å²) in [5.41, 5.74) is 1.80. The maximum atomic E-state index is 13.1. The molecular weight excluding hydrogens is 522 g/mol. The molecule has 0 bridgehead atoms. The molecule has 32 heavy (non-hydrogen) atoms. The lowest BCUT2D eigenvalue weighted by Gasteiger charge is -2.28. The molecule has 1 aliphatic heterocycles. The Labute approximate surface area is 207 Å². The van der Waals surface area contributed by atoms with Gasteiger partial charge in [-0.15, -0.1) is 24.0 Å². The van der Waals surface area contributed by atoms with Crippen molar-refractivity contribution >= 4 is 29.9 Å². The molecule has 0 amide bonds. The molecule has 2 aromatic carbocycles. The minimum absolute atomic E-state index is 0. The second-order valence-corrected chi connectivity index (χ2v) is 7.67. The highest BCUT2D eigenvalue weighted by Gasteiger charge is 2.25. The Bertz CT molecular complexity index is 844. The average Bonchev–Trinajstić information content (AvgIpc) is 3.32. The predicted octanol–water partition coefficient (Wildman–Crippen LogP) is 3.88. The van der Waals surface area contributed by atoms with E-state index in [1.54, 1.807) is 19.2 Å². The fraction of sp³-hybridized carbons (Fsp3) is 0.458. The van der Waals surface area contributed by atoms with Crippen LogP contribution in [0.4, 0.5) is 4.39 Å². The molecule has 0 aliphatic carbocycles. The number of aliphatic imine (C=N–C) groups is 1. The summed E-state index contributed by atoms with van der Waals surface area (Å²) >= 11 is 0. The third-order valence-corrected chi connectivity index (χ3v) is 5.56. The molecule has 1 fully saturated rings. The van der Waals surface area contributed by atoms with E-state index in [2.05, 4.69) is 21.6 Å². The molecule has 1 saturated heterocycles. The molecule has 0 radical (unpaired) electrons. The van der Waals surface area contributed by atoms with Gasteiger partial charge in [0.05, 0.1) is 25.8 Å². The van der Waals surface area contributed by atoms with Gasteiger partial charge >= 0.3 is 0 Å². The second-order valence-electron chi connectivity index (χ2n) is 7.67. The summed E-state index contributed by atoms with van der Waals surface area (Å²) in [5, 5.41) is 16.9. The van der Waals surface area contributed by atoms with E-state index >= 15 is 0 Å². The summed E-state index contributed by atoms with van der Waals surface area (Å²) in [4.78, 5) is 7.27. The van der Waals surface area contributed by atoms with Crippen LogP contribution in [0.1, 0.15) is 43.0 Å². The third kappa shape index (κ3) is 7.31. The van der Waals surface area contributed by atoms with Crippen LogP contribution in [0.15, 0.2) is 53.5 Å². The quantitative estimate of drug-likeness (QED) is 0.249. The summed E-state index contributed by atoms with van der Waals surface area (Å²) in [5.74, 6) is 1.20. The van der Waals surface area contributed by atoms with Gasteiger partial charge in [-0.2, -0.15) is 0 Å². The molecule has 0 spiro atoms. The zero-order valence-electron chi connectivity index (χ0n) is 18.8. The standard InChI is InChI=1S/C24H33FN4O2.HI/c1-3-26-24(28-17-22(30)18-10-12-19(25)13-11-18)27-16-21(29-14-6-7-15-29)20-8-4-5-9-23(20)31-2;/h4-5,8-13,21-22,30H,3,6-7,14-17H2,1-2H3,(H2,26,27,28);1H. The van der Waals surface area contributed by atoms with Crippen LogP contribution >= 0.6 is 24.0 Å². The average molecular weight is 556 g/mol. The molecule has 3 rings (SSSR count). The van der Waals surface area contributed by atoms with Crippen molar-refractivity contribution in [2.45, 2.75) is 31.9 Å². The van der Waals surface area contributed by atoms with Crippen molar-refractivity contribution in [3.63, 3.8) is 0 Å². The number of methoxy groups -OCH3 is 1. The number of hydrogen-bond donors (Lipinski definition) is 3. The van der Waals surface area contributed by atoms with E-state index < -0.39 is 6.10 Å². The second kappa shape index (κ2) is 13.6. The number of hydrogen-bond acceptors (Lipinski definition) is 4. The van der Waals surface area contributed by atoms with Crippen LogP contribution in [-0.4, -0.2) is 55.8 Å². The normalized spacial score (nSPS) is 16.2. The Morgan fingerprint density at radius 1 is 1.12 bits per heavy atom. The fourth-order valence-corrected chi connectivity index (χ4v) is 3.92. The highest BCUT2D eigenvalue weighted by atomic mass is 127. The monoisotopic (exact) mass is 556 g/mol. The smallest absolute Gasteiger partial charge is 0.191 e. The molecule has 6 nitrogen and oxygen atoms in total. The first-order valence-electron chi connectivity index (χ1n) is 10.9. The van der Waals surface area contributed by atoms with Gasteiger partial charge < -0.3 is 20.5 Å². The van der Waals surface area contributed by atoms with Gasteiger partial charge in [0.25, 0.3) is 0 Å². The van der Waals surface area contributed by atoms with Crippen molar-refractivity contribution in [2.75, 3.05) is 39.8 Å². The van der Waals surface area contributed by atoms with Gasteiger partial charge in [0.2, 0.25) is 0 Å². The number of halogens is 2. The Balaban J connectivity index is 0.00000363. The van der Waals surface area contributed by atoms with Crippen molar-refractivity contribution in [1.29, 1.82) is 0 Å². The van der Waals surface area contributed by atoms with Crippen LogP contribution in [0.2, 0.25) is 0 Å². The summed E-state index contributed by atoms with van der Waals surface area (Å²) in [6.07, 6.45) is 1.63. The van der Waals surface area contributed by atoms with Gasteiger partial charge in [-0.25, -0.2) is 4.39 Å². The molecule has 2 unspecified atom stereocenters. The summed E-state index contributed by atoms with van der Waals surface area (Å²) in [7, 11) is 1.70. The van der Waals surface area contributed by atoms with Crippen molar-refractivity contribution < 1.29 is 14.2 Å². The van der Waals surface area contributed by atoms with E-state index in [1.807, 2.05) is 25.1 Å². The van der Waals surface area contributed by atoms with Crippen molar-refractivity contribution in [3.8, 4) is 5.75 Å². The van der Waals surface area contributed by atoms with Crippen molar-refractivity contribution in [3.05, 3.63) is 65.5 Å². The Morgan fingerprint density at radius 2 is 1.81 bits per heavy atom. The molecule has 8 heteroatoms. The van der Waals surface area contributed by atoms with Gasteiger partial charge in [0.1, 0.15) is 11.6 Å².